The zero-order valence-corrected chi connectivity index (χ0v) is 6.71. The van der Waals surface area contributed by atoms with Crippen LogP contribution in [0.25, 0.3) is 0 Å². The van der Waals surface area contributed by atoms with Gasteiger partial charge in [0.15, 0.2) is 0 Å². The van der Waals surface area contributed by atoms with Crippen molar-refractivity contribution in [3.8, 4) is 0 Å². The summed E-state index contributed by atoms with van der Waals surface area (Å²) in [6.07, 6.45) is 6.54. The van der Waals surface area contributed by atoms with Gasteiger partial charge in [0.2, 0.25) is 0 Å². The number of rotatable bonds is 0. The van der Waals surface area contributed by atoms with Crippen LogP contribution in [-0.2, 0) is 0 Å². The second-order valence-corrected chi connectivity index (χ2v) is 3.66. The van der Waals surface area contributed by atoms with Crippen LogP contribution >= 0.6 is 0 Å². The Labute approximate surface area is 64.8 Å². The average Bonchev–Trinajstić information content (AvgIpc) is 1.92. The molecule has 0 N–H and O–H groups in total. The Balaban J connectivity index is 2.07. The van der Waals surface area contributed by atoms with Crippen LogP contribution in [0.15, 0.2) is 0 Å². The summed E-state index contributed by atoms with van der Waals surface area (Å²) in [7, 11) is 2.24. The van der Waals surface area contributed by atoms with Gasteiger partial charge in [0.25, 0.3) is 0 Å². The van der Waals surface area contributed by atoms with Crippen molar-refractivity contribution in [2.45, 2.75) is 50.6 Å². The molecule has 2 fully saturated rings. The number of hydrogen-bond donors (Lipinski definition) is 0. The second kappa shape index (κ2) is 2.54. The molecule has 0 saturated carbocycles. The lowest BCUT2D eigenvalue weighted by molar-refractivity contribution is 0.0673. The van der Waals surface area contributed by atoms with Crippen molar-refractivity contribution < 1.29 is 1.37 Å². The predicted molar refractivity (Wildman–Crippen MR) is 43.0 cm³/mol. The van der Waals surface area contributed by atoms with Gasteiger partial charge in [0.05, 0.1) is 0 Å². The number of nitrogens with zero attached hydrogens (tertiary/aromatic N) is 1. The molecule has 0 aromatic carbocycles. The van der Waals surface area contributed by atoms with E-state index in [1.165, 1.54) is 19.3 Å². The molecule has 0 amide bonds. The summed E-state index contributed by atoms with van der Waals surface area (Å²) in [5.41, 5.74) is 0. The van der Waals surface area contributed by atoms with E-state index in [9.17, 15) is 0 Å². The first-order valence-electron chi connectivity index (χ1n) is 4.99. The first-order chi connectivity index (χ1) is 5.27. The lowest BCUT2D eigenvalue weighted by Crippen LogP contribution is -2.46. The van der Waals surface area contributed by atoms with Crippen LogP contribution < -0.4 is 0 Å². The van der Waals surface area contributed by atoms with Gasteiger partial charge >= 0.3 is 0 Å². The highest BCUT2D eigenvalue weighted by molar-refractivity contribution is 4.86. The third-order valence-corrected chi connectivity index (χ3v) is 3.10. The smallest absolute Gasteiger partial charge is 0.0268 e. The molecule has 0 aliphatic carbocycles. The maximum atomic E-state index is 7.73. The van der Waals surface area contributed by atoms with E-state index in [4.69, 9.17) is 1.37 Å². The highest BCUT2D eigenvalue weighted by atomic mass is 15.2. The Hall–Kier alpha value is -0.0400. The van der Waals surface area contributed by atoms with Crippen LogP contribution in [0, 0.1) is 0 Å². The van der Waals surface area contributed by atoms with E-state index in [0.29, 0.717) is 0 Å². The fourth-order valence-corrected chi connectivity index (χ4v) is 2.34. The molecule has 1 nitrogen and oxygen atoms in total. The maximum absolute atomic E-state index is 7.73. The highest BCUT2D eigenvalue weighted by Crippen LogP contribution is 2.31. The molecular formula is C9H17N. The largest absolute Gasteiger partial charge is 0.300 e. The van der Waals surface area contributed by atoms with Crippen molar-refractivity contribution in [2.75, 3.05) is 7.05 Å². The summed E-state index contributed by atoms with van der Waals surface area (Å²) < 4.78 is 7.73. The van der Waals surface area contributed by atoms with Gasteiger partial charge in [0, 0.05) is 13.5 Å². The molecule has 2 atom stereocenters. The zero-order chi connectivity index (χ0) is 7.84. The third-order valence-electron chi connectivity index (χ3n) is 3.10. The van der Waals surface area contributed by atoms with Crippen LogP contribution in [0.3, 0.4) is 0 Å². The molecule has 2 heterocycles. The van der Waals surface area contributed by atoms with E-state index >= 15 is 0 Å². The van der Waals surface area contributed by atoms with Crippen molar-refractivity contribution in [1.82, 2.24) is 4.90 Å². The number of piperidine rings is 2. The zero-order valence-electron chi connectivity index (χ0n) is 7.71. The van der Waals surface area contributed by atoms with E-state index in [0.717, 1.165) is 24.9 Å². The normalized spacial score (nSPS) is 50.5. The molecule has 0 radical (unpaired) electrons. The minimum absolute atomic E-state index is 0.237. The summed E-state index contributed by atoms with van der Waals surface area (Å²) in [5, 5.41) is 0. The summed E-state index contributed by atoms with van der Waals surface area (Å²) in [6, 6.07) is 1.48. The lowest BCUT2D eigenvalue weighted by atomic mass is 9.85. The van der Waals surface area contributed by atoms with Crippen molar-refractivity contribution >= 4 is 0 Å². The third kappa shape index (κ3) is 0.968. The summed E-state index contributed by atoms with van der Waals surface area (Å²) >= 11 is 0. The quantitative estimate of drug-likeness (QED) is 0.497. The highest BCUT2D eigenvalue weighted by Gasteiger charge is 2.30. The summed E-state index contributed by atoms with van der Waals surface area (Å²) in [5.74, 6) is 0. The Morgan fingerprint density at radius 3 is 2.40 bits per heavy atom. The van der Waals surface area contributed by atoms with E-state index in [-0.39, 0.29) is 6.40 Å². The summed E-state index contributed by atoms with van der Waals surface area (Å²) in [4.78, 5) is 2.51. The van der Waals surface area contributed by atoms with Crippen LogP contribution in [0.5, 0.6) is 0 Å². The second-order valence-electron chi connectivity index (χ2n) is 3.66. The molecular weight excluding hydrogens is 122 g/mol. The summed E-state index contributed by atoms with van der Waals surface area (Å²) in [6.45, 7) is 0. The Bertz CT molecular complexity index is 134. The van der Waals surface area contributed by atoms with E-state index < -0.39 is 0 Å². The molecule has 0 aromatic rings. The van der Waals surface area contributed by atoms with E-state index in [2.05, 4.69) is 11.9 Å². The Morgan fingerprint density at radius 1 is 1.20 bits per heavy atom. The standard InChI is InChI=1S/C9H17N/c1-10-8-4-2-5-9(10)7-3-6-8/h8-9H,2-7H2,1H3/i2D. The molecule has 2 rings (SSSR count). The molecule has 0 aromatic heterocycles. The molecule has 1 heteroatoms. The van der Waals surface area contributed by atoms with Gasteiger partial charge in [-0.2, -0.15) is 0 Å². The molecule has 2 saturated heterocycles. The molecule has 58 valence electrons. The first-order valence-corrected chi connectivity index (χ1v) is 4.41. The van der Waals surface area contributed by atoms with Gasteiger partial charge in [-0.25, -0.2) is 0 Å². The van der Waals surface area contributed by atoms with Gasteiger partial charge in [-0.15, -0.1) is 0 Å². The van der Waals surface area contributed by atoms with Crippen LogP contribution in [-0.4, -0.2) is 24.0 Å². The van der Waals surface area contributed by atoms with Crippen LogP contribution in [0.4, 0.5) is 0 Å². The predicted octanol–water partition coefficient (Wildman–Crippen LogP) is 2.02. The Morgan fingerprint density at radius 2 is 1.80 bits per heavy atom. The van der Waals surface area contributed by atoms with Gasteiger partial charge in [-0.05, 0) is 32.7 Å². The maximum Gasteiger partial charge on any atom is 0.0268 e. The van der Waals surface area contributed by atoms with Gasteiger partial charge in [0.1, 0.15) is 0 Å². The topological polar surface area (TPSA) is 3.24 Å². The first kappa shape index (κ1) is 5.59. The Kier molecular flexibility index (Phi) is 1.42. The molecule has 2 aliphatic rings. The lowest BCUT2D eigenvalue weighted by Gasteiger charge is -2.43. The molecule has 2 aliphatic heterocycles. The SMILES string of the molecule is [2H]C1CC2CCCC(C1)N2C. The molecule has 0 spiro atoms. The van der Waals surface area contributed by atoms with Crippen molar-refractivity contribution in [2.24, 2.45) is 0 Å². The monoisotopic (exact) mass is 140 g/mol. The minimum atomic E-state index is 0.237. The molecule has 2 bridgehead atoms. The van der Waals surface area contributed by atoms with E-state index in [1.54, 1.807) is 0 Å². The van der Waals surface area contributed by atoms with Crippen molar-refractivity contribution in [3.63, 3.8) is 0 Å². The van der Waals surface area contributed by atoms with Crippen LogP contribution in [0.2, 0.25) is 0 Å². The number of hydrogen-bond acceptors (Lipinski definition) is 1. The average molecular weight is 140 g/mol. The van der Waals surface area contributed by atoms with E-state index in [1.807, 2.05) is 0 Å². The van der Waals surface area contributed by atoms with Crippen molar-refractivity contribution in [1.29, 1.82) is 0 Å². The van der Waals surface area contributed by atoms with Gasteiger partial charge in [-0.3, -0.25) is 0 Å². The minimum Gasteiger partial charge on any atom is -0.300 e. The van der Waals surface area contributed by atoms with Gasteiger partial charge < -0.3 is 4.90 Å². The van der Waals surface area contributed by atoms with Gasteiger partial charge in [-0.1, -0.05) is 12.8 Å². The molecule has 2 unspecified atom stereocenters. The van der Waals surface area contributed by atoms with Crippen molar-refractivity contribution in [3.05, 3.63) is 0 Å². The van der Waals surface area contributed by atoms with Crippen LogP contribution in [0.1, 0.15) is 39.9 Å². The number of fused-ring (bicyclic) bond motifs is 2. The fraction of sp³-hybridized carbons (Fsp3) is 1.00. The fourth-order valence-electron chi connectivity index (χ4n) is 2.34. The molecule has 10 heavy (non-hydrogen) atoms.